The fourth-order valence-electron chi connectivity index (χ4n) is 2.12. The van der Waals surface area contributed by atoms with Gasteiger partial charge in [0.1, 0.15) is 4.90 Å². The van der Waals surface area contributed by atoms with Gasteiger partial charge in [-0.15, -0.1) is 0 Å². The molecule has 0 bridgehead atoms. The normalized spacial score (nSPS) is 16.6. The molecule has 112 valence electrons. The molecular formula is C12H15BrClNO4S. The summed E-state index contributed by atoms with van der Waals surface area (Å²) in [7, 11) is -2.45. The summed E-state index contributed by atoms with van der Waals surface area (Å²) in [6.07, 6.45) is 3.76. The summed E-state index contributed by atoms with van der Waals surface area (Å²) in [5.41, 5.74) is 0. The van der Waals surface area contributed by atoms with E-state index in [9.17, 15) is 8.42 Å². The maximum Gasteiger partial charge on any atom is 0.266 e. The number of methoxy groups -OCH3 is 1. The van der Waals surface area contributed by atoms with Crippen molar-refractivity contribution in [1.82, 2.24) is 4.89 Å². The largest absolute Gasteiger partial charge is 0.494 e. The second-order valence-electron chi connectivity index (χ2n) is 4.53. The van der Waals surface area contributed by atoms with Gasteiger partial charge >= 0.3 is 0 Å². The number of sulfonamides is 1. The lowest BCUT2D eigenvalue weighted by atomic mass is 10.3. The Hall–Kier alpha value is -0.340. The highest BCUT2D eigenvalue weighted by Crippen LogP contribution is 2.35. The third-order valence-electron chi connectivity index (χ3n) is 3.09. The van der Waals surface area contributed by atoms with Crippen LogP contribution in [-0.2, 0) is 14.9 Å². The Morgan fingerprint density at radius 3 is 2.60 bits per heavy atom. The van der Waals surface area contributed by atoms with Crippen LogP contribution in [0.5, 0.6) is 5.75 Å². The molecule has 1 aliphatic rings. The molecule has 0 atom stereocenters. The average molecular weight is 385 g/mol. The van der Waals surface area contributed by atoms with Gasteiger partial charge in [-0.3, -0.25) is 4.84 Å². The van der Waals surface area contributed by atoms with E-state index in [0.717, 1.165) is 25.7 Å². The Balaban J connectivity index is 2.24. The average Bonchev–Trinajstić information content (AvgIpc) is 2.89. The molecule has 0 amide bonds. The Morgan fingerprint density at radius 2 is 2.00 bits per heavy atom. The van der Waals surface area contributed by atoms with Gasteiger partial charge in [-0.25, -0.2) is 8.42 Å². The van der Waals surface area contributed by atoms with Gasteiger partial charge in [-0.05, 0) is 40.9 Å². The van der Waals surface area contributed by atoms with Crippen molar-refractivity contribution in [2.75, 3.05) is 7.11 Å². The summed E-state index contributed by atoms with van der Waals surface area (Å²) in [5.74, 6) is 0.192. The smallest absolute Gasteiger partial charge is 0.266 e. The first-order valence-corrected chi connectivity index (χ1v) is 8.80. The van der Waals surface area contributed by atoms with Crippen LogP contribution in [-0.4, -0.2) is 21.6 Å². The van der Waals surface area contributed by atoms with Crippen molar-refractivity contribution in [1.29, 1.82) is 0 Å². The van der Waals surface area contributed by atoms with Gasteiger partial charge in [0.15, 0.2) is 5.75 Å². The summed E-state index contributed by atoms with van der Waals surface area (Å²) in [6, 6.07) is 2.89. The SMILES string of the molecule is COc1c(Br)cc(Cl)cc1S(=O)(=O)NOC1CCCC1. The molecule has 0 saturated heterocycles. The number of hydrogen-bond acceptors (Lipinski definition) is 4. The van der Waals surface area contributed by atoms with Crippen LogP contribution < -0.4 is 9.62 Å². The number of nitrogens with one attached hydrogen (secondary N) is 1. The van der Waals surface area contributed by atoms with E-state index in [1.54, 1.807) is 6.07 Å². The van der Waals surface area contributed by atoms with Gasteiger partial charge in [0.2, 0.25) is 0 Å². The highest BCUT2D eigenvalue weighted by Gasteiger charge is 2.25. The number of benzene rings is 1. The second-order valence-corrected chi connectivity index (χ2v) is 7.43. The van der Waals surface area contributed by atoms with Gasteiger partial charge in [0.25, 0.3) is 10.0 Å². The Morgan fingerprint density at radius 1 is 1.35 bits per heavy atom. The van der Waals surface area contributed by atoms with E-state index in [4.69, 9.17) is 21.2 Å². The van der Waals surface area contributed by atoms with Gasteiger partial charge in [0, 0.05) is 5.02 Å². The fourth-order valence-corrected chi connectivity index (χ4v) is 4.36. The van der Waals surface area contributed by atoms with Gasteiger partial charge in [-0.2, -0.15) is 0 Å². The molecule has 0 heterocycles. The van der Waals surface area contributed by atoms with Crippen molar-refractivity contribution in [3.8, 4) is 5.75 Å². The summed E-state index contributed by atoms with van der Waals surface area (Å²) >= 11 is 9.12. The van der Waals surface area contributed by atoms with Crippen molar-refractivity contribution in [2.24, 2.45) is 0 Å². The summed E-state index contributed by atoms with van der Waals surface area (Å²) in [4.78, 5) is 7.35. The number of halogens is 2. The van der Waals surface area contributed by atoms with Crippen LogP contribution in [0.3, 0.4) is 0 Å². The molecule has 1 fully saturated rings. The lowest BCUT2D eigenvalue weighted by Gasteiger charge is -2.15. The minimum absolute atomic E-state index is 0.0580. The Kier molecular flexibility index (Phi) is 5.30. The molecular weight excluding hydrogens is 370 g/mol. The first kappa shape index (κ1) is 16.0. The van der Waals surface area contributed by atoms with Gasteiger partial charge < -0.3 is 4.74 Å². The van der Waals surface area contributed by atoms with E-state index < -0.39 is 10.0 Å². The zero-order valence-corrected chi connectivity index (χ0v) is 14.0. The van der Waals surface area contributed by atoms with Crippen molar-refractivity contribution in [3.05, 3.63) is 21.6 Å². The standard InChI is InChI=1S/C12H15BrClNO4S/c1-18-12-10(13)6-8(14)7-11(12)20(16,17)15-19-9-4-2-3-5-9/h6-7,9,15H,2-5H2,1H3. The molecule has 8 heteroatoms. The summed E-state index contributed by atoms with van der Waals surface area (Å²) in [6.45, 7) is 0. The summed E-state index contributed by atoms with van der Waals surface area (Å²) < 4.78 is 30.1. The van der Waals surface area contributed by atoms with E-state index >= 15 is 0 Å². The fraction of sp³-hybridized carbons (Fsp3) is 0.500. The van der Waals surface area contributed by atoms with Crippen LogP contribution in [0.1, 0.15) is 25.7 Å². The highest BCUT2D eigenvalue weighted by atomic mass is 79.9. The number of hydrogen-bond donors (Lipinski definition) is 1. The van der Waals surface area contributed by atoms with Crippen molar-refractivity contribution in [2.45, 2.75) is 36.7 Å². The molecule has 1 aromatic rings. The topological polar surface area (TPSA) is 64.6 Å². The van der Waals surface area contributed by atoms with E-state index in [-0.39, 0.29) is 16.7 Å². The van der Waals surface area contributed by atoms with Crippen LogP contribution in [0.2, 0.25) is 5.02 Å². The van der Waals surface area contributed by atoms with Crippen molar-refractivity contribution >= 4 is 37.6 Å². The monoisotopic (exact) mass is 383 g/mol. The molecule has 0 radical (unpaired) electrons. The summed E-state index contributed by atoms with van der Waals surface area (Å²) in [5, 5.41) is 0.291. The predicted octanol–water partition coefficient (Wildman–Crippen LogP) is 3.26. The first-order chi connectivity index (χ1) is 9.44. The van der Waals surface area contributed by atoms with E-state index in [1.807, 2.05) is 0 Å². The van der Waals surface area contributed by atoms with Gasteiger partial charge in [0.05, 0.1) is 17.7 Å². The maximum atomic E-state index is 12.3. The zero-order valence-electron chi connectivity index (χ0n) is 10.9. The molecule has 1 aromatic carbocycles. The lowest BCUT2D eigenvalue weighted by molar-refractivity contribution is 0.0223. The molecule has 0 aliphatic heterocycles. The van der Waals surface area contributed by atoms with E-state index in [2.05, 4.69) is 20.8 Å². The molecule has 1 N–H and O–H groups in total. The molecule has 1 saturated carbocycles. The lowest BCUT2D eigenvalue weighted by Crippen LogP contribution is -2.28. The zero-order chi connectivity index (χ0) is 14.8. The quantitative estimate of drug-likeness (QED) is 0.791. The molecule has 5 nitrogen and oxygen atoms in total. The van der Waals surface area contributed by atoms with Crippen LogP contribution >= 0.6 is 27.5 Å². The Bertz CT molecular complexity index is 587. The van der Waals surface area contributed by atoms with Gasteiger partial charge in [-0.1, -0.05) is 29.3 Å². The molecule has 2 rings (SSSR count). The van der Waals surface area contributed by atoms with Crippen molar-refractivity contribution in [3.63, 3.8) is 0 Å². The first-order valence-electron chi connectivity index (χ1n) is 6.14. The van der Waals surface area contributed by atoms with Crippen LogP contribution in [0, 0.1) is 0 Å². The number of rotatable bonds is 5. The Labute approximate surface area is 131 Å². The molecule has 20 heavy (non-hydrogen) atoms. The third kappa shape index (κ3) is 3.65. The van der Waals surface area contributed by atoms with Crippen LogP contribution in [0.25, 0.3) is 0 Å². The van der Waals surface area contributed by atoms with E-state index in [1.165, 1.54) is 13.2 Å². The molecule has 0 spiro atoms. The predicted molar refractivity (Wildman–Crippen MR) is 79.4 cm³/mol. The molecule has 0 aromatic heterocycles. The maximum absolute atomic E-state index is 12.3. The van der Waals surface area contributed by atoms with Crippen LogP contribution in [0.15, 0.2) is 21.5 Å². The number of ether oxygens (including phenoxy) is 1. The second kappa shape index (κ2) is 6.62. The third-order valence-corrected chi connectivity index (χ3v) is 5.10. The minimum Gasteiger partial charge on any atom is -0.494 e. The highest BCUT2D eigenvalue weighted by molar-refractivity contribution is 9.10. The van der Waals surface area contributed by atoms with Crippen LogP contribution in [0.4, 0.5) is 0 Å². The minimum atomic E-state index is -3.85. The van der Waals surface area contributed by atoms with Crippen molar-refractivity contribution < 1.29 is 18.0 Å². The molecule has 1 aliphatic carbocycles. The van der Waals surface area contributed by atoms with E-state index in [0.29, 0.717) is 9.50 Å². The molecule has 0 unspecified atom stereocenters.